The molecule has 1 aromatic heterocycles. The smallest absolute Gasteiger partial charge is 0.406 e. The first kappa shape index (κ1) is 20.2. The van der Waals surface area contributed by atoms with Crippen molar-refractivity contribution in [1.82, 2.24) is 4.98 Å². The van der Waals surface area contributed by atoms with E-state index in [4.69, 9.17) is 5.73 Å². The van der Waals surface area contributed by atoms with Crippen molar-refractivity contribution in [2.24, 2.45) is 10.7 Å². The van der Waals surface area contributed by atoms with E-state index in [1.54, 1.807) is 0 Å². The molecule has 0 fully saturated rings. The van der Waals surface area contributed by atoms with Crippen molar-refractivity contribution in [3.8, 4) is 5.75 Å². The summed E-state index contributed by atoms with van der Waals surface area (Å²) in [5.41, 5.74) is 8.25. The van der Waals surface area contributed by atoms with Gasteiger partial charge in [0.2, 0.25) is 0 Å². The summed E-state index contributed by atoms with van der Waals surface area (Å²) in [6, 6.07) is 14.9. The lowest BCUT2D eigenvalue weighted by atomic mass is 10.1. The quantitative estimate of drug-likeness (QED) is 0.495. The van der Waals surface area contributed by atoms with Crippen LogP contribution in [0.4, 0.5) is 24.7 Å². The molecular weight excluding hydrogens is 383 g/mol. The number of hydrogen-bond acceptors (Lipinski definition) is 4. The highest BCUT2D eigenvalue weighted by Gasteiger charge is 2.30. The molecule has 0 saturated carbocycles. The minimum absolute atomic E-state index is 0.141. The van der Waals surface area contributed by atoms with E-state index in [0.717, 1.165) is 22.3 Å². The standard InChI is InChI=1S/C20H20F3N5O/c1-28(2)18-11-13(16-5-3-4-6-17(16)27-18)12-25-19(24)26-14-7-9-15(10-8-14)29-20(21,22)23/h3-11H,12H2,1-2H3,(H3,24,25,26). The van der Waals surface area contributed by atoms with Crippen LogP contribution in [0.1, 0.15) is 5.56 Å². The van der Waals surface area contributed by atoms with Gasteiger partial charge in [0.15, 0.2) is 5.96 Å². The Kier molecular flexibility index (Phi) is 5.76. The highest BCUT2D eigenvalue weighted by molar-refractivity contribution is 5.92. The van der Waals surface area contributed by atoms with Gasteiger partial charge in [-0.1, -0.05) is 18.2 Å². The summed E-state index contributed by atoms with van der Waals surface area (Å²) in [5.74, 6) is 0.639. The third kappa shape index (κ3) is 5.50. The molecule has 2 aromatic carbocycles. The van der Waals surface area contributed by atoms with E-state index >= 15 is 0 Å². The zero-order valence-corrected chi connectivity index (χ0v) is 15.9. The Morgan fingerprint density at radius 2 is 1.83 bits per heavy atom. The van der Waals surface area contributed by atoms with Crippen molar-refractivity contribution >= 4 is 28.4 Å². The molecule has 0 spiro atoms. The van der Waals surface area contributed by atoms with Crippen LogP contribution in [-0.4, -0.2) is 31.4 Å². The number of benzene rings is 2. The predicted molar refractivity (Wildman–Crippen MR) is 108 cm³/mol. The number of nitrogens with one attached hydrogen (secondary N) is 1. The number of guanidine groups is 1. The second kappa shape index (κ2) is 8.26. The Morgan fingerprint density at radius 1 is 1.14 bits per heavy atom. The summed E-state index contributed by atoms with van der Waals surface area (Å²) in [6.45, 7) is 0.317. The van der Waals surface area contributed by atoms with Crippen molar-refractivity contribution in [2.75, 3.05) is 24.3 Å². The zero-order valence-electron chi connectivity index (χ0n) is 15.9. The molecule has 0 aliphatic heterocycles. The number of pyridine rings is 1. The number of nitrogens with two attached hydrogens (primary N) is 1. The lowest BCUT2D eigenvalue weighted by Crippen LogP contribution is -2.22. The maximum atomic E-state index is 12.2. The molecule has 0 atom stereocenters. The third-order valence-electron chi connectivity index (χ3n) is 4.03. The van der Waals surface area contributed by atoms with Crippen LogP contribution in [-0.2, 0) is 6.54 Å². The fourth-order valence-electron chi connectivity index (χ4n) is 2.69. The molecule has 0 aliphatic rings. The molecule has 6 nitrogen and oxygen atoms in total. The van der Waals surface area contributed by atoms with Crippen molar-refractivity contribution < 1.29 is 17.9 Å². The number of fused-ring (bicyclic) bond motifs is 1. The molecule has 29 heavy (non-hydrogen) atoms. The monoisotopic (exact) mass is 403 g/mol. The van der Waals surface area contributed by atoms with Gasteiger partial charge in [0, 0.05) is 25.2 Å². The topological polar surface area (TPSA) is 75.8 Å². The molecular formula is C20H20F3N5O. The molecule has 9 heteroatoms. The summed E-state index contributed by atoms with van der Waals surface area (Å²) in [7, 11) is 3.82. The Balaban J connectivity index is 1.74. The summed E-state index contributed by atoms with van der Waals surface area (Å²) >= 11 is 0. The number of anilines is 2. The number of nitrogens with zero attached hydrogens (tertiary/aromatic N) is 3. The highest BCUT2D eigenvalue weighted by atomic mass is 19.4. The first-order valence-electron chi connectivity index (χ1n) is 8.70. The van der Waals surface area contributed by atoms with Crippen molar-refractivity contribution in [1.29, 1.82) is 0 Å². The molecule has 3 N–H and O–H groups in total. The van der Waals surface area contributed by atoms with Crippen LogP contribution in [0.2, 0.25) is 0 Å². The Bertz CT molecular complexity index is 1020. The van der Waals surface area contributed by atoms with Crippen LogP contribution < -0.4 is 20.7 Å². The number of ether oxygens (including phenoxy) is 1. The van der Waals surface area contributed by atoms with Gasteiger partial charge in [-0.05, 0) is 42.0 Å². The molecule has 3 rings (SSSR count). The first-order chi connectivity index (χ1) is 13.7. The Hall–Kier alpha value is -3.49. The van der Waals surface area contributed by atoms with Gasteiger partial charge in [-0.15, -0.1) is 13.2 Å². The van der Waals surface area contributed by atoms with E-state index in [0.29, 0.717) is 12.2 Å². The predicted octanol–water partition coefficient (Wildman–Crippen LogP) is 4.13. The van der Waals surface area contributed by atoms with Crippen molar-refractivity contribution in [3.05, 3.63) is 60.2 Å². The average molecular weight is 403 g/mol. The summed E-state index contributed by atoms with van der Waals surface area (Å²) < 4.78 is 40.5. The van der Waals surface area contributed by atoms with Gasteiger partial charge in [-0.25, -0.2) is 9.98 Å². The van der Waals surface area contributed by atoms with Crippen LogP contribution in [0.5, 0.6) is 5.75 Å². The number of aliphatic imine (C=N–C) groups is 1. The second-order valence-corrected chi connectivity index (χ2v) is 6.45. The lowest BCUT2D eigenvalue weighted by molar-refractivity contribution is -0.274. The van der Waals surface area contributed by atoms with Crippen LogP contribution in [0.15, 0.2) is 59.6 Å². The third-order valence-corrected chi connectivity index (χ3v) is 4.03. The molecule has 0 amide bonds. The van der Waals surface area contributed by atoms with Gasteiger partial charge in [0.05, 0.1) is 12.1 Å². The van der Waals surface area contributed by atoms with E-state index in [9.17, 15) is 13.2 Å². The van der Waals surface area contributed by atoms with Crippen LogP contribution in [0, 0.1) is 0 Å². The molecule has 0 saturated heterocycles. The summed E-state index contributed by atoms with van der Waals surface area (Å²) in [5, 5.41) is 3.83. The Morgan fingerprint density at radius 3 is 2.48 bits per heavy atom. The van der Waals surface area contributed by atoms with Gasteiger partial charge in [-0.3, -0.25) is 0 Å². The summed E-state index contributed by atoms with van der Waals surface area (Å²) in [4.78, 5) is 10.9. The fourth-order valence-corrected chi connectivity index (χ4v) is 2.69. The largest absolute Gasteiger partial charge is 0.573 e. The van der Waals surface area contributed by atoms with Gasteiger partial charge in [0.1, 0.15) is 11.6 Å². The van der Waals surface area contributed by atoms with E-state index in [2.05, 4.69) is 20.0 Å². The van der Waals surface area contributed by atoms with Gasteiger partial charge in [-0.2, -0.15) is 0 Å². The van der Waals surface area contributed by atoms with Gasteiger partial charge in [0.25, 0.3) is 0 Å². The number of para-hydroxylation sites is 1. The van der Waals surface area contributed by atoms with Crippen LogP contribution in [0.25, 0.3) is 10.9 Å². The maximum absolute atomic E-state index is 12.2. The molecule has 152 valence electrons. The number of halogens is 3. The first-order valence-corrected chi connectivity index (χ1v) is 8.70. The van der Waals surface area contributed by atoms with Crippen molar-refractivity contribution in [3.63, 3.8) is 0 Å². The minimum atomic E-state index is -4.73. The van der Waals surface area contributed by atoms with Crippen LogP contribution >= 0.6 is 0 Å². The number of aromatic nitrogens is 1. The minimum Gasteiger partial charge on any atom is -0.406 e. The fraction of sp³-hybridized carbons (Fsp3) is 0.200. The van der Waals surface area contributed by atoms with E-state index < -0.39 is 6.36 Å². The van der Waals surface area contributed by atoms with E-state index in [1.807, 2.05) is 49.3 Å². The molecule has 0 unspecified atom stereocenters. The molecule has 0 bridgehead atoms. The second-order valence-electron chi connectivity index (χ2n) is 6.45. The SMILES string of the molecule is CN(C)c1cc(CN=C(N)Nc2ccc(OC(F)(F)F)cc2)c2ccccc2n1. The number of alkyl halides is 3. The highest BCUT2D eigenvalue weighted by Crippen LogP contribution is 2.24. The molecule has 0 aliphatic carbocycles. The molecule has 3 aromatic rings. The molecule has 1 heterocycles. The molecule has 0 radical (unpaired) electrons. The Labute approximate surface area is 165 Å². The summed E-state index contributed by atoms with van der Waals surface area (Å²) in [6.07, 6.45) is -4.73. The number of rotatable bonds is 5. The van der Waals surface area contributed by atoms with Crippen molar-refractivity contribution in [2.45, 2.75) is 12.9 Å². The van der Waals surface area contributed by atoms with Gasteiger partial charge < -0.3 is 20.7 Å². The average Bonchev–Trinajstić information content (AvgIpc) is 2.66. The van der Waals surface area contributed by atoms with E-state index in [-0.39, 0.29) is 11.7 Å². The lowest BCUT2D eigenvalue weighted by Gasteiger charge is -2.14. The maximum Gasteiger partial charge on any atom is 0.573 e. The number of hydrogen-bond donors (Lipinski definition) is 2. The zero-order chi connectivity index (χ0) is 21.0. The van der Waals surface area contributed by atoms with Crippen LogP contribution in [0.3, 0.4) is 0 Å². The van der Waals surface area contributed by atoms with Gasteiger partial charge >= 0.3 is 6.36 Å². The normalized spacial score (nSPS) is 12.1. The van der Waals surface area contributed by atoms with E-state index in [1.165, 1.54) is 24.3 Å².